The zero-order valence-electron chi connectivity index (χ0n) is 28.1. The van der Waals surface area contributed by atoms with Gasteiger partial charge in [-0.2, -0.15) is 5.01 Å². The van der Waals surface area contributed by atoms with E-state index in [2.05, 4.69) is 21.4 Å². The maximum absolute atomic E-state index is 15.4. The number of halogens is 3. The summed E-state index contributed by atoms with van der Waals surface area (Å²) in [5.74, 6) is -3.02. The van der Waals surface area contributed by atoms with Gasteiger partial charge in [0.05, 0.1) is 54.5 Å². The van der Waals surface area contributed by atoms with Crippen molar-refractivity contribution >= 4 is 56.6 Å². The first-order valence-corrected chi connectivity index (χ1v) is 18.1. The van der Waals surface area contributed by atoms with E-state index < -0.39 is 46.5 Å². The number of allylic oxidation sites excluding steroid dienone is 2. The molecule has 4 atom stereocenters. The van der Waals surface area contributed by atoms with Gasteiger partial charge in [-0.3, -0.25) is 15.0 Å². The number of amides is 2. The van der Waals surface area contributed by atoms with E-state index in [0.29, 0.717) is 32.1 Å². The normalized spacial score (nSPS) is 21.8. The van der Waals surface area contributed by atoms with Crippen LogP contribution in [0.5, 0.6) is 17.2 Å². The first kappa shape index (κ1) is 34.8. The quantitative estimate of drug-likeness (QED) is 0.146. The van der Waals surface area contributed by atoms with Gasteiger partial charge >= 0.3 is 11.4 Å². The van der Waals surface area contributed by atoms with Gasteiger partial charge in [-0.1, -0.05) is 75.5 Å². The van der Waals surface area contributed by atoms with E-state index in [4.69, 9.17) is 32.7 Å². The van der Waals surface area contributed by atoms with Crippen molar-refractivity contribution in [3.63, 3.8) is 0 Å². The Morgan fingerprint density at radius 1 is 0.906 bits per heavy atom. The molecular formula is C38H30BrCl2N5O7. The maximum Gasteiger partial charge on any atom is 0.352 e. The molecule has 0 unspecified atom stereocenters. The lowest BCUT2D eigenvalue weighted by Gasteiger charge is -2.49. The summed E-state index contributed by atoms with van der Waals surface area (Å²) in [4.78, 5) is 58.6. The number of carbonyl (C=O) groups excluding carboxylic acids is 2. The molecule has 4 aromatic carbocycles. The van der Waals surface area contributed by atoms with Crippen LogP contribution in [-0.2, 0) is 21.5 Å². The fourth-order valence-electron chi connectivity index (χ4n) is 8.22. The third-order valence-electron chi connectivity index (χ3n) is 10.5. The van der Waals surface area contributed by atoms with Crippen LogP contribution in [0.25, 0.3) is 5.69 Å². The molecule has 0 bridgehead atoms. The number of hydrogen-bond acceptors (Lipinski definition) is 8. The molecule has 3 heterocycles. The number of nitrogens with zero attached hydrogens (tertiary/aromatic N) is 4. The van der Waals surface area contributed by atoms with E-state index in [1.54, 1.807) is 78.9 Å². The Labute approximate surface area is 320 Å². The minimum atomic E-state index is -1.70. The summed E-state index contributed by atoms with van der Waals surface area (Å²) >= 11 is 16.2. The van der Waals surface area contributed by atoms with Crippen LogP contribution < -0.4 is 26.3 Å². The summed E-state index contributed by atoms with van der Waals surface area (Å²) in [5, 5.41) is 13.4. The van der Waals surface area contributed by atoms with Crippen molar-refractivity contribution in [2.75, 3.05) is 19.6 Å². The monoisotopic (exact) mass is 817 g/mol. The number of methoxy groups -OCH3 is 2. The lowest BCUT2D eigenvalue weighted by Crippen LogP contribution is -2.53. The Morgan fingerprint density at radius 2 is 1.64 bits per heavy atom. The molecule has 1 aliphatic carbocycles. The topological polar surface area (TPSA) is 137 Å². The van der Waals surface area contributed by atoms with Crippen molar-refractivity contribution in [1.82, 2.24) is 18.9 Å². The number of para-hydroxylation sites is 1. The first-order valence-electron chi connectivity index (χ1n) is 16.5. The molecule has 270 valence electrons. The second-order valence-electron chi connectivity index (χ2n) is 13.0. The van der Waals surface area contributed by atoms with Gasteiger partial charge < -0.3 is 14.6 Å². The molecule has 8 rings (SSSR count). The van der Waals surface area contributed by atoms with Crippen LogP contribution in [0.3, 0.4) is 0 Å². The number of aromatic hydroxyl groups is 1. The SMILES string of the molecule is COc1ccc([C@@]23C(=O)N(Nc4ccc(Cl)cc4Cl)C(=O)[C@@H]2C[C@@H]2C(=CCn4c(=O)n(-c5ccccc5)c(=O)n42)[C@@H]3c2cc(Br)cc(OC)c2O)cc1. The number of hydrazine groups is 1. The van der Waals surface area contributed by atoms with Crippen LogP contribution >= 0.6 is 39.1 Å². The Bertz CT molecular complexity index is 2480. The number of aromatic nitrogens is 3. The number of benzene rings is 4. The van der Waals surface area contributed by atoms with Crippen LogP contribution in [0.15, 0.2) is 111 Å². The number of phenols is 1. The van der Waals surface area contributed by atoms with Crippen LogP contribution in [-0.4, -0.2) is 50.1 Å². The van der Waals surface area contributed by atoms with E-state index >= 15 is 4.79 Å². The van der Waals surface area contributed by atoms with Crippen molar-refractivity contribution in [3.05, 3.63) is 143 Å². The Kier molecular flexibility index (Phi) is 8.55. The van der Waals surface area contributed by atoms with Crippen LogP contribution in [0.1, 0.15) is 29.5 Å². The van der Waals surface area contributed by atoms with Gasteiger partial charge in [0.1, 0.15) is 5.75 Å². The fraction of sp³-hybridized carbons (Fsp3) is 0.211. The second-order valence-corrected chi connectivity index (χ2v) is 14.7. The number of phenolic OH excluding ortho intramolecular Hbond substituents is 1. The Hall–Kier alpha value is -5.24. The molecule has 15 heteroatoms. The largest absolute Gasteiger partial charge is 0.504 e. The molecule has 12 nitrogen and oxygen atoms in total. The second kappa shape index (κ2) is 13.0. The number of imide groups is 1. The zero-order chi connectivity index (χ0) is 37.3. The highest BCUT2D eigenvalue weighted by atomic mass is 79.9. The number of nitrogens with one attached hydrogen (secondary N) is 1. The molecular weight excluding hydrogens is 789 g/mol. The van der Waals surface area contributed by atoms with Gasteiger partial charge in [0, 0.05) is 21.0 Å². The highest BCUT2D eigenvalue weighted by molar-refractivity contribution is 9.10. The summed E-state index contributed by atoms with van der Waals surface area (Å²) in [5.41, 5.74) is 2.03. The lowest BCUT2D eigenvalue weighted by atomic mass is 9.53. The van der Waals surface area contributed by atoms with Crippen LogP contribution in [0.2, 0.25) is 10.0 Å². The lowest BCUT2D eigenvalue weighted by molar-refractivity contribution is -0.138. The molecule has 2 amide bonds. The van der Waals surface area contributed by atoms with Gasteiger partial charge in [0.2, 0.25) is 0 Å². The minimum absolute atomic E-state index is 0.0179. The van der Waals surface area contributed by atoms with Gasteiger partial charge in [-0.05, 0) is 72.2 Å². The summed E-state index contributed by atoms with van der Waals surface area (Å²) in [6.45, 7) is -0.0179. The summed E-state index contributed by atoms with van der Waals surface area (Å²) in [6.07, 6.45) is 1.76. The van der Waals surface area contributed by atoms with E-state index in [0.717, 1.165) is 9.58 Å². The molecule has 2 N–H and O–H groups in total. The average molecular weight is 819 g/mol. The first-order chi connectivity index (χ1) is 25.5. The predicted molar refractivity (Wildman–Crippen MR) is 201 cm³/mol. The van der Waals surface area contributed by atoms with E-state index in [1.165, 1.54) is 29.6 Å². The molecule has 1 saturated carbocycles. The summed E-state index contributed by atoms with van der Waals surface area (Å²) in [6, 6.07) is 22.4. The molecule has 2 fully saturated rings. The summed E-state index contributed by atoms with van der Waals surface area (Å²) < 4.78 is 15.4. The van der Waals surface area contributed by atoms with Crippen molar-refractivity contribution in [3.8, 4) is 22.9 Å². The number of hydrogen-bond donors (Lipinski definition) is 2. The van der Waals surface area contributed by atoms with E-state index in [1.807, 2.05) is 6.08 Å². The van der Waals surface area contributed by atoms with Crippen molar-refractivity contribution in [2.24, 2.45) is 5.92 Å². The number of fused-ring (bicyclic) bond motifs is 4. The van der Waals surface area contributed by atoms with Crippen molar-refractivity contribution in [1.29, 1.82) is 0 Å². The molecule has 53 heavy (non-hydrogen) atoms. The fourth-order valence-corrected chi connectivity index (χ4v) is 9.12. The number of carbonyl (C=O) groups is 2. The predicted octanol–water partition coefficient (Wildman–Crippen LogP) is 6.21. The Balaban J connectivity index is 1.42. The number of anilines is 1. The minimum Gasteiger partial charge on any atom is -0.504 e. The molecule has 3 aliphatic rings. The standard InChI is InChI=1S/C38H30BrCl2N5O7/c1-52-24-11-8-20(9-12-24)38-27(34(48)45(35(38)49)42-29-13-10-22(40)18-28(29)41)19-30-25(32(38)26-16-21(39)17-31(53-2)33(26)47)14-15-43-36(50)44(37(51)46(30)43)23-6-4-3-5-7-23/h3-14,16-18,27,30,32,42,47H,15,19H2,1-2H3/t27-,30+,32+,38+/m0/s1. The van der Waals surface area contributed by atoms with Gasteiger partial charge in [-0.15, -0.1) is 0 Å². The molecule has 5 aromatic rings. The maximum atomic E-state index is 15.4. The molecule has 1 aromatic heterocycles. The van der Waals surface area contributed by atoms with Crippen molar-refractivity contribution < 1.29 is 24.2 Å². The molecule has 0 radical (unpaired) electrons. The van der Waals surface area contributed by atoms with Crippen LogP contribution in [0, 0.1) is 5.92 Å². The highest BCUT2D eigenvalue weighted by Crippen LogP contribution is 2.63. The molecule has 1 saturated heterocycles. The third-order valence-corrected chi connectivity index (χ3v) is 11.5. The zero-order valence-corrected chi connectivity index (χ0v) is 31.2. The number of rotatable bonds is 7. The smallest absolute Gasteiger partial charge is 0.352 e. The number of ether oxygens (including phenoxy) is 2. The molecule has 2 aliphatic heterocycles. The molecule has 0 spiro atoms. The van der Waals surface area contributed by atoms with Gasteiger partial charge in [-0.25, -0.2) is 23.5 Å². The Morgan fingerprint density at radius 3 is 2.32 bits per heavy atom. The highest BCUT2D eigenvalue weighted by Gasteiger charge is 2.69. The third kappa shape index (κ3) is 5.16. The van der Waals surface area contributed by atoms with Gasteiger partial charge in [0.15, 0.2) is 11.5 Å². The van der Waals surface area contributed by atoms with Gasteiger partial charge in [0.25, 0.3) is 11.8 Å². The van der Waals surface area contributed by atoms with E-state index in [-0.39, 0.29) is 40.7 Å². The summed E-state index contributed by atoms with van der Waals surface area (Å²) in [7, 11) is 2.93. The van der Waals surface area contributed by atoms with E-state index in [9.17, 15) is 19.5 Å². The van der Waals surface area contributed by atoms with Crippen molar-refractivity contribution in [2.45, 2.75) is 30.3 Å². The average Bonchev–Trinajstić information content (AvgIpc) is 3.54. The van der Waals surface area contributed by atoms with Crippen LogP contribution in [0.4, 0.5) is 5.69 Å².